The number of carbonyl (C=O) groups excluding carboxylic acids is 3. The Morgan fingerprint density at radius 3 is 2.53 bits per heavy atom. The van der Waals surface area contributed by atoms with Crippen molar-refractivity contribution in [1.29, 1.82) is 0 Å². The highest BCUT2D eigenvalue weighted by Gasteiger charge is 2.76. The third-order valence-electron chi connectivity index (χ3n) is 6.67. The average Bonchev–Trinajstić information content (AvgIpc) is 3.29. The largest absolute Gasteiger partial charge is 0.507 e. The van der Waals surface area contributed by atoms with Crippen molar-refractivity contribution < 1.29 is 33.7 Å². The highest BCUT2D eigenvalue weighted by Crippen LogP contribution is 2.57. The van der Waals surface area contributed by atoms with Gasteiger partial charge in [-0.25, -0.2) is 0 Å². The maximum absolute atomic E-state index is 12.7. The lowest BCUT2D eigenvalue weighted by Gasteiger charge is -2.51. The van der Waals surface area contributed by atoms with E-state index in [9.17, 15) is 19.5 Å². The van der Waals surface area contributed by atoms with Crippen molar-refractivity contribution in [2.75, 3.05) is 6.54 Å². The Labute approximate surface area is 174 Å². The fourth-order valence-electron chi connectivity index (χ4n) is 4.67. The molecule has 0 aromatic heterocycles. The number of carbonyl (C=O) groups is 3. The summed E-state index contributed by atoms with van der Waals surface area (Å²) in [5.41, 5.74) is -0.167. The van der Waals surface area contributed by atoms with Crippen LogP contribution in [0.2, 0.25) is 0 Å². The minimum Gasteiger partial charge on any atom is -0.507 e. The van der Waals surface area contributed by atoms with Crippen molar-refractivity contribution in [3.8, 4) is 0 Å². The highest BCUT2D eigenvalue weighted by atomic mass is 16.8. The summed E-state index contributed by atoms with van der Waals surface area (Å²) in [6, 6.07) is 0. The predicted molar refractivity (Wildman–Crippen MR) is 105 cm³/mol. The second kappa shape index (κ2) is 6.87. The number of fused-ring (bicyclic) bond motifs is 4. The lowest BCUT2D eigenvalue weighted by atomic mass is 9.78. The lowest BCUT2D eigenvalue weighted by Crippen LogP contribution is -2.66. The van der Waals surface area contributed by atoms with Gasteiger partial charge in [-0.05, 0) is 26.8 Å². The molecule has 4 fully saturated rings. The van der Waals surface area contributed by atoms with Gasteiger partial charge in [-0.15, -0.1) is 0 Å². The van der Waals surface area contributed by atoms with Crippen LogP contribution in [0.25, 0.3) is 0 Å². The molecule has 0 aromatic rings. The zero-order valence-corrected chi connectivity index (χ0v) is 17.7. The molecule has 8 heteroatoms. The van der Waals surface area contributed by atoms with Crippen LogP contribution in [0.3, 0.4) is 0 Å². The summed E-state index contributed by atoms with van der Waals surface area (Å²) >= 11 is 0. The molecule has 4 aliphatic heterocycles. The molecular formula is C22H27NO7. The van der Waals surface area contributed by atoms with E-state index in [1.54, 1.807) is 6.08 Å². The van der Waals surface area contributed by atoms with E-state index in [1.807, 2.05) is 40.7 Å². The molecule has 2 bridgehead atoms. The average molecular weight is 417 g/mol. The number of epoxide rings is 1. The van der Waals surface area contributed by atoms with Crippen molar-refractivity contribution in [3.63, 3.8) is 0 Å². The molecule has 0 aromatic carbocycles. The van der Waals surface area contributed by atoms with Crippen molar-refractivity contribution in [1.82, 2.24) is 5.32 Å². The van der Waals surface area contributed by atoms with Crippen molar-refractivity contribution in [3.05, 3.63) is 35.1 Å². The zero-order chi connectivity index (χ0) is 22.0. The molecule has 0 saturated carbocycles. The van der Waals surface area contributed by atoms with E-state index in [1.165, 1.54) is 6.08 Å². The molecule has 2 N–H and O–H groups in total. The van der Waals surface area contributed by atoms with Crippen molar-refractivity contribution >= 4 is 17.5 Å². The number of amides is 1. The second-order valence-electron chi connectivity index (χ2n) is 8.90. The minimum absolute atomic E-state index is 0.0281. The topological polar surface area (TPSA) is 114 Å². The van der Waals surface area contributed by atoms with Crippen LogP contribution in [0.5, 0.6) is 0 Å². The van der Waals surface area contributed by atoms with Gasteiger partial charge < -0.3 is 24.6 Å². The quantitative estimate of drug-likeness (QED) is 0.234. The van der Waals surface area contributed by atoms with Crippen LogP contribution in [-0.2, 0) is 28.6 Å². The van der Waals surface area contributed by atoms with Gasteiger partial charge in [0.05, 0.1) is 12.6 Å². The number of ether oxygens (including phenoxy) is 3. The first-order valence-corrected chi connectivity index (χ1v) is 10.2. The number of aliphatic hydroxyl groups is 1. The Hall–Kier alpha value is -2.29. The third-order valence-corrected chi connectivity index (χ3v) is 6.67. The monoisotopic (exact) mass is 417 g/mol. The van der Waals surface area contributed by atoms with Crippen LogP contribution in [0.4, 0.5) is 0 Å². The minimum atomic E-state index is -0.988. The van der Waals surface area contributed by atoms with Gasteiger partial charge in [0.2, 0.25) is 0 Å². The van der Waals surface area contributed by atoms with Crippen LogP contribution in [0.15, 0.2) is 35.1 Å². The zero-order valence-electron chi connectivity index (χ0n) is 17.7. The van der Waals surface area contributed by atoms with Gasteiger partial charge >= 0.3 is 0 Å². The first-order chi connectivity index (χ1) is 14.0. The summed E-state index contributed by atoms with van der Waals surface area (Å²) in [6.07, 6.45) is 3.64. The van der Waals surface area contributed by atoms with Crippen LogP contribution in [-0.4, -0.2) is 58.8 Å². The number of allylic oxidation sites excluding steroid dienone is 3. The van der Waals surface area contributed by atoms with E-state index in [-0.39, 0.29) is 41.6 Å². The molecule has 0 aliphatic carbocycles. The maximum atomic E-state index is 12.7. The fraction of sp³-hybridized carbons (Fsp3) is 0.591. The fourth-order valence-corrected chi connectivity index (χ4v) is 4.67. The molecular weight excluding hydrogens is 390 g/mol. The third kappa shape index (κ3) is 3.05. The Balaban J connectivity index is 1.51. The van der Waals surface area contributed by atoms with E-state index < -0.39 is 35.3 Å². The Morgan fingerprint density at radius 1 is 1.20 bits per heavy atom. The first kappa shape index (κ1) is 21.0. The van der Waals surface area contributed by atoms with Crippen molar-refractivity contribution in [2.24, 2.45) is 11.8 Å². The number of hydrogen-bond donors (Lipinski definition) is 2. The van der Waals surface area contributed by atoms with Gasteiger partial charge in [0, 0.05) is 11.8 Å². The molecule has 0 radical (unpaired) electrons. The van der Waals surface area contributed by atoms with E-state index >= 15 is 0 Å². The lowest BCUT2D eigenvalue weighted by molar-refractivity contribution is -0.350. The molecule has 30 heavy (non-hydrogen) atoms. The molecule has 1 amide bonds. The van der Waals surface area contributed by atoms with Gasteiger partial charge in [-0.1, -0.05) is 31.6 Å². The summed E-state index contributed by atoms with van der Waals surface area (Å²) in [7, 11) is 0. The number of ketones is 2. The SMILES string of the molecule is CC(/C=C/C(O)=C1\C(=O)CNC1=O)=C\[C@@H](C)[C@H]1OC2(C)OC(C(=O)C3O[C@@]32C)[C@@H]1C. The number of hydrogen-bond acceptors (Lipinski definition) is 7. The van der Waals surface area contributed by atoms with E-state index in [0.29, 0.717) is 0 Å². The molecule has 162 valence electrons. The molecule has 4 rings (SSSR count). The molecule has 4 saturated heterocycles. The predicted octanol–water partition coefficient (Wildman–Crippen LogP) is 1.51. The van der Waals surface area contributed by atoms with Gasteiger partial charge in [0.25, 0.3) is 5.91 Å². The van der Waals surface area contributed by atoms with E-state index in [0.717, 1.165) is 5.57 Å². The standard InChI is InChI=1S/C22H27NO7/c1-10(6-7-13(24)15-14(25)9-23-20(15)27)8-11(2)17-12(3)18-16(26)19-21(4,30-19)22(5,28-17)29-18/h6-8,11-12,17-19,24H,9H2,1-5H3,(H,23,27)/b7-6+,10-8+,15-13-/t11-,12-,17-,18?,19?,21+,22?/m1/s1. The number of Topliss-reactive ketones (excluding diaryl/α,β-unsaturated/α-hetero) is 2. The Morgan fingerprint density at radius 2 is 1.90 bits per heavy atom. The molecule has 3 unspecified atom stereocenters. The molecule has 8 nitrogen and oxygen atoms in total. The van der Waals surface area contributed by atoms with Gasteiger partial charge in [-0.2, -0.15) is 0 Å². The van der Waals surface area contributed by atoms with Gasteiger partial charge in [-0.3, -0.25) is 14.4 Å². The number of nitrogens with one attached hydrogen (secondary N) is 1. The summed E-state index contributed by atoms with van der Waals surface area (Å²) in [5.74, 6) is -2.59. The van der Waals surface area contributed by atoms with Gasteiger partial charge in [0.15, 0.2) is 29.1 Å². The second-order valence-corrected chi connectivity index (χ2v) is 8.90. The van der Waals surface area contributed by atoms with E-state index in [4.69, 9.17) is 14.2 Å². The highest BCUT2D eigenvalue weighted by molar-refractivity contribution is 6.25. The van der Waals surface area contributed by atoms with Gasteiger partial charge in [0.1, 0.15) is 17.4 Å². The van der Waals surface area contributed by atoms with E-state index in [2.05, 4.69) is 5.32 Å². The van der Waals surface area contributed by atoms with Crippen LogP contribution in [0.1, 0.15) is 34.6 Å². The summed E-state index contributed by atoms with van der Waals surface area (Å²) in [5, 5.41) is 12.5. The molecule has 7 atom stereocenters. The molecule has 4 heterocycles. The Bertz CT molecular complexity index is 900. The summed E-state index contributed by atoms with van der Waals surface area (Å²) in [4.78, 5) is 36.0. The number of aliphatic hydroxyl groups excluding tert-OH is 1. The van der Waals surface area contributed by atoms with Crippen LogP contribution >= 0.6 is 0 Å². The normalized spacial score (nSPS) is 43.5. The molecule has 4 aliphatic rings. The van der Waals surface area contributed by atoms with Crippen molar-refractivity contribution in [2.45, 2.75) is 64.3 Å². The number of rotatable bonds is 4. The van der Waals surface area contributed by atoms with Crippen LogP contribution in [0, 0.1) is 11.8 Å². The summed E-state index contributed by atoms with van der Waals surface area (Å²) in [6.45, 7) is 9.34. The molecule has 0 spiro atoms. The van der Waals surface area contributed by atoms with Crippen LogP contribution < -0.4 is 5.32 Å². The maximum Gasteiger partial charge on any atom is 0.259 e. The Kier molecular flexibility index (Phi) is 4.80. The summed E-state index contributed by atoms with van der Waals surface area (Å²) < 4.78 is 18.0. The first-order valence-electron chi connectivity index (χ1n) is 10.2. The smallest absolute Gasteiger partial charge is 0.259 e.